The van der Waals surface area contributed by atoms with Crippen LogP contribution in [-0.2, 0) is 9.63 Å². The van der Waals surface area contributed by atoms with E-state index in [9.17, 15) is 9.59 Å². The van der Waals surface area contributed by atoms with Crippen LogP contribution in [0.2, 0.25) is 0 Å². The van der Waals surface area contributed by atoms with Gasteiger partial charge in [-0.1, -0.05) is 13.8 Å². The number of rotatable bonds is 6. The Morgan fingerprint density at radius 1 is 1.31 bits per heavy atom. The van der Waals surface area contributed by atoms with E-state index in [4.69, 9.17) is 5.11 Å². The maximum absolute atomic E-state index is 11.6. The second-order valence-electron chi connectivity index (χ2n) is 4.23. The van der Waals surface area contributed by atoms with Crippen LogP contribution < -0.4 is 5.48 Å². The van der Waals surface area contributed by atoms with Gasteiger partial charge in [-0.15, -0.1) is 0 Å². The third-order valence-electron chi connectivity index (χ3n) is 1.80. The zero-order valence-corrected chi connectivity index (χ0v) is 10.2. The summed E-state index contributed by atoms with van der Waals surface area (Å²) in [5.74, 6) is -0.784. The van der Waals surface area contributed by atoms with Crippen molar-refractivity contribution in [2.45, 2.75) is 33.7 Å². The summed E-state index contributed by atoms with van der Waals surface area (Å²) in [6.45, 7) is 7.83. The molecule has 16 heavy (non-hydrogen) atoms. The van der Waals surface area contributed by atoms with Gasteiger partial charge in [-0.3, -0.25) is 4.84 Å². The quantitative estimate of drug-likeness (QED) is 0.672. The summed E-state index contributed by atoms with van der Waals surface area (Å²) in [7, 11) is 0. The van der Waals surface area contributed by atoms with Crippen molar-refractivity contribution in [1.29, 1.82) is 0 Å². The van der Waals surface area contributed by atoms with Crippen LogP contribution in [0.3, 0.4) is 0 Å². The minimum atomic E-state index is -1.12. The highest BCUT2D eigenvalue weighted by molar-refractivity contribution is 5.74. The zero-order chi connectivity index (χ0) is 12.7. The van der Waals surface area contributed by atoms with Crippen molar-refractivity contribution >= 4 is 12.0 Å². The molecule has 0 rings (SSSR count). The van der Waals surface area contributed by atoms with E-state index in [1.807, 2.05) is 27.7 Å². The van der Waals surface area contributed by atoms with Crippen molar-refractivity contribution in [3.05, 3.63) is 0 Å². The van der Waals surface area contributed by atoms with E-state index < -0.39 is 18.6 Å². The van der Waals surface area contributed by atoms with E-state index in [-0.39, 0.29) is 6.04 Å². The summed E-state index contributed by atoms with van der Waals surface area (Å²) in [4.78, 5) is 27.9. The Balaban J connectivity index is 4.12. The van der Waals surface area contributed by atoms with Crippen LogP contribution in [0.15, 0.2) is 0 Å². The molecule has 0 aliphatic heterocycles. The van der Waals surface area contributed by atoms with Crippen molar-refractivity contribution < 1.29 is 19.5 Å². The molecule has 0 spiro atoms. The van der Waals surface area contributed by atoms with Gasteiger partial charge in [0, 0.05) is 12.6 Å². The number of amides is 2. The maximum Gasteiger partial charge on any atom is 0.341 e. The summed E-state index contributed by atoms with van der Waals surface area (Å²) in [6, 6.07) is -0.374. The van der Waals surface area contributed by atoms with E-state index >= 15 is 0 Å². The molecule has 0 aliphatic carbocycles. The molecule has 0 aromatic carbocycles. The van der Waals surface area contributed by atoms with Crippen molar-refractivity contribution in [3.8, 4) is 0 Å². The van der Waals surface area contributed by atoms with Gasteiger partial charge >= 0.3 is 12.0 Å². The van der Waals surface area contributed by atoms with Crippen molar-refractivity contribution in [1.82, 2.24) is 10.4 Å². The Morgan fingerprint density at radius 3 is 2.25 bits per heavy atom. The smallest absolute Gasteiger partial charge is 0.341 e. The summed E-state index contributed by atoms with van der Waals surface area (Å²) in [5.41, 5.74) is 2.11. The lowest BCUT2D eigenvalue weighted by molar-refractivity contribution is -0.144. The molecule has 94 valence electrons. The Bertz CT molecular complexity index is 241. The van der Waals surface area contributed by atoms with E-state index in [1.54, 1.807) is 4.90 Å². The molecule has 0 aromatic heterocycles. The van der Waals surface area contributed by atoms with Crippen molar-refractivity contribution in [3.63, 3.8) is 0 Å². The first-order chi connectivity index (χ1) is 7.34. The van der Waals surface area contributed by atoms with Crippen molar-refractivity contribution in [2.75, 3.05) is 13.2 Å². The van der Waals surface area contributed by atoms with Crippen LogP contribution in [0.25, 0.3) is 0 Å². The molecule has 2 amide bonds. The maximum atomic E-state index is 11.6. The lowest BCUT2D eigenvalue weighted by Crippen LogP contribution is -2.46. The number of hydroxylamine groups is 1. The molecule has 6 nitrogen and oxygen atoms in total. The minimum absolute atomic E-state index is 0.0378. The molecule has 0 radical (unpaired) electrons. The number of nitrogens with one attached hydrogen (secondary N) is 1. The standard InChI is InChI=1S/C10H20N2O4/c1-7(2)5-12(8(3)4)10(15)11-16-6-9(13)14/h7-8H,5-6H2,1-4H3,(H,11,15)(H,13,14). The Kier molecular flexibility index (Phi) is 6.48. The van der Waals surface area contributed by atoms with Gasteiger partial charge in [0.15, 0.2) is 6.61 Å². The molecule has 0 saturated carbocycles. The van der Waals surface area contributed by atoms with Crippen LogP contribution in [0.5, 0.6) is 0 Å². The average molecular weight is 232 g/mol. The SMILES string of the molecule is CC(C)CN(C(=O)NOCC(=O)O)C(C)C. The lowest BCUT2D eigenvalue weighted by Gasteiger charge is -2.28. The summed E-state index contributed by atoms with van der Waals surface area (Å²) < 4.78 is 0. The zero-order valence-electron chi connectivity index (χ0n) is 10.2. The van der Waals surface area contributed by atoms with E-state index in [0.29, 0.717) is 12.5 Å². The van der Waals surface area contributed by atoms with Gasteiger partial charge in [0.05, 0.1) is 0 Å². The topological polar surface area (TPSA) is 78.9 Å². The summed E-state index contributed by atoms with van der Waals surface area (Å²) >= 11 is 0. The van der Waals surface area contributed by atoms with Gasteiger partial charge in [0.25, 0.3) is 0 Å². The molecule has 0 aromatic rings. The van der Waals surface area contributed by atoms with E-state index in [0.717, 1.165) is 0 Å². The molecule has 0 atom stereocenters. The normalized spacial score (nSPS) is 10.6. The Labute approximate surface area is 95.5 Å². The minimum Gasteiger partial charge on any atom is -0.479 e. The molecule has 0 fully saturated rings. The first-order valence-electron chi connectivity index (χ1n) is 5.24. The number of hydrogen-bond acceptors (Lipinski definition) is 3. The largest absolute Gasteiger partial charge is 0.479 e. The molecule has 0 saturated heterocycles. The van der Waals surface area contributed by atoms with E-state index in [1.165, 1.54) is 0 Å². The molecule has 0 unspecified atom stereocenters. The highest BCUT2D eigenvalue weighted by Gasteiger charge is 2.18. The number of carbonyl (C=O) groups is 2. The fourth-order valence-electron chi connectivity index (χ4n) is 1.14. The van der Waals surface area contributed by atoms with Crippen LogP contribution in [-0.4, -0.2) is 41.2 Å². The predicted molar refractivity (Wildman–Crippen MR) is 58.8 cm³/mol. The third kappa shape index (κ3) is 6.23. The number of carboxylic acid groups (broad SMARTS) is 1. The van der Waals surface area contributed by atoms with Crippen LogP contribution >= 0.6 is 0 Å². The molecule has 6 heteroatoms. The monoisotopic (exact) mass is 232 g/mol. The first kappa shape index (κ1) is 14.7. The van der Waals surface area contributed by atoms with Crippen LogP contribution in [0, 0.1) is 5.92 Å². The fourth-order valence-corrected chi connectivity index (χ4v) is 1.14. The number of hydrogen-bond donors (Lipinski definition) is 2. The number of carboxylic acids is 1. The Morgan fingerprint density at radius 2 is 1.88 bits per heavy atom. The van der Waals surface area contributed by atoms with E-state index in [2.05, 4.69) is 10.3 Å². The summed E-state index contributed by atoms with van der Waals surface area (Å²) in [5, 5.41) is 8.33. The molecule has 0 aliphatic rings. The number of aliphatic carboxylic acids is 1. The fraction of sp³-hybridized carbons (Fsp3) is 0.800. The first-order valence-corrected chi connectivity index (χ1v) is 5.24. The molecule has 0 heterocycles. The number of carbonyl (C=O) groups excluding carboxylic acids is 1. The number of nitrogens with zero attached hydrogens (tertiary/aromatic N) is 1. The van der Waals surface area contributed by atoms with Crippen molar-refractivity contribution in [2.24, 2.45) is 5.92 Å². The summed E-state index contributed by atoms with van der Waals surface area (Å²) in [6.07, 6.45) is 0. The molecule has 2 N–H and O–H groups in total. The second-order valence-corrected chi connectivity index (χ2v) is 4.23. The molecular weight excluding hydrogens is 212 g/mol. The van der Waals surface area contributed by atoms with Gasteiger partial charge < -0.3 is 10.0 Å². The lowest BCUT2D eigenvalue weighted by atomic mass is 10.2. The van der Waals surface area contributed by atoms with Gasteiger partial charge in [-0.05, 0) is 19.8 Å². The van der Waals surface area contributed by atoms with Gasteiger partial charge in [-0.2, -0.15) is 0 Å². The number of urea groups is 1. The highest BCUT2D eigenvalue weighted by Crippen LogP contribution is 2.04. The highest BCUT2D eigenvalue weighted by atomic mass is 16.7. The van der Waals surface area contributed by atoms with Crippen LogP contribution in [0.1, 0.15) is 27.7 Å². The average Bonchev–Trinajstić information content (AvgIpc) is 2.12. The van der Waals surface area contributed by atoms with Gasteiger partial charge in [-0.25, -0.2) is 15.1 Å². The van der Waals surface area contributed by atoms with Gasteiger partial charge in [0.2, 0.25) is 0 Å². The second kappa shape index (κ2) is 7.05. The molecular formula is C10H20N2O4. The van der Waals surface area contributed by atoms with Gasteiger partial charge in [0.1, 0.15) is 0 Å². The molecule has 0 bridgehead atoms. The predicted octanol–water partition coefficient (Wildman–Crippen LogP) is 1.08. The third-order valence-corrected chi connectivity index (χ3v) is 1.80. The Hall–Kier alpha value is -1.30. The van der Waals surface area contributed by atoms with Crippen LogP contribution in [0.4, 0.5) is 4.79 Å².